The number of halogens is 2. The molecule has 0 N–H and O–H groups in total. The lowest BCUT2D eigenvalue weighted by atomic mass is 10.1. The Hall–Kier alpha value is 0.540. The highest BCUT2D eigenvalue weighted by molar-refractivity contribution is 6.17. The fourth-order valence-electron chi connectivity index (χ4n) is 2.20. The number of alkyl halides is 1. The maximum absolute atomic E-state index is 5.92. The van der Waals surface area contributed by atoms with Crippen LogP contribution >= 0.6 is 11.6 Å². The van der Waals surface area contributed by atoms with Crippen molar-refractivity contribution in [1.82, 2.24) is 0 Å². The average Bonchev–Trinajstić information content (AvgIpc) is 2.25. The van der Waals surface area contributed by atoms with E-state index in [2.05, 4.69) is 20.9 Å². The summed E-state index contributed by atoms with van der Waals surface area (Å²) in [6.07, 6.45) is 9.51. The van der Waals surface area contributed by atoms with Gasteiger partial charge in [-0.1, -0.05) is 33.1 Å². The lowest BCUT2D eigenvalue weighted by molar-refractivity contribution is -0.907. The van der Waals surface area contributed by atoms with Gasteiger partial charge in [0.25, 0.3) is 0 Å². The third-order valence-electron chi connectivity index (χ3n) is 3.48. The van der Waals surface area contributed by atoms with Crippen LogP contribution in [0.2, 0.25) is 0 Å². The van der Waals surface area contributed by atoms with E-state index in [1.807, 2.05) is 0 Å². The maximum atomic E-state index is 5.92. The Morgan fingerprint density at radius 2 is 1.24 bits per heavy atom. The third-order valence-corrected chi connectivity index (χ3v) is 3.65. The van der Waals surface area contributed by atoms with E-state index in [9.17, 15) is 0 Å². The number of quaternary nitrogens is 1. The molecule has 17 heavy (non-hydrogen) atoms. The highest BCUT2D eigenvalue weighted by atomic mass is 35.5. The van der Waals surface area contributed by atoms with Gasteiger partial charge in [-0.3, -0.25) is 0 Å². The van der Waals surface area contributed by atoms with Gasteiger partial charge in [-0.25, -0.2) is 0 Å². The van der Waals surface area contributed by atoms with Crippen LogP contribution in [0.25, 0.3) is 0 Å². The molecule has 1 nitrogen and oxygen atoms in total. The molecule has 0 fully saturated rings. The van der Waals surface area contributed by atoms with Gasteiger partial charge in [0.05, 0.1) is 32.6 Å². The van der Waals surface area contributed by atoms with Crippen LogP contribution in [0.3, 0.4) is 0 Å². The first-order chi connectivity index (χ1) is 7.68. The standard InChI is InChI=1S/C14H31ClN.ClH/c1-4-6-8-10-13-16(3,14-11-15)12-9-7-5-2;/h4-14H2,1-3H3;1H/q+1;/p-1. The minimum atomic E-state index is 0. The largest absolute Gasteiger partial charge is 1.00 e. The maximum Gasteiger partial charge on any atom is 0.0922 e. The highest BCUT2D eigenvalue weighted by Crippen LogP contribution is 2.11. The Morgan fingerprint density at radius 3 is 1.71 bits per heavy atom. The highest BCUT2D eigenvalue weighted by Gasteiger charge is 2.19. The van der Waals surface area contributed by atoms with Crippen LogP contribution < -0.4 is 12.4 Å². The van der Waals surface area contributed by atoms with Crippen molar-refractivity contribution in [2.45, 2.75) is 58.8 Å². The molecule has 0 heterocycles. The summed E-state index contributed by atoms with van der Waals surface area (Å²) in [5.74, 6) is 0.802. The van der Waals surface area contributed by atoms with Crippen LogP contribution in [0.15, 0.2) is 0 Å². The third kappa shape index (κ3) is 11.4. The normalized spacial score (nSPS) is 14.1. The quantitative estimate of drug-likeness (QED) is 0.306. The molecular formula is C14H31Cl2N. The van der Waals surface area contributed by atoms with Crippen molar-refractivity contribution in [1.29, 1.82) is 0 Å². The smallest absolute Gasteiger partial charge is 0.0922 e. The molecule has 0 saturated heterocycles. The molecule has 0 radical (unpaired) electrons. The molecule has 0 aromatic carbocycles. The predicted octanol–water partition coefficient (Wildman–Crippen LogP) is 1.45. The van der Waals surface area contributed by atoms with Gasteiger partial charge in [0.2, 0.25) is 0 Å². The van der Waals surface area contributed by atoms with Crippen molar-refractivity contribution in [2.75, 3.05) is 32.6 Å². The van der Waals surface area contributed by atoms with E-state index in [1.54, 1.807) is 0 Å². The monoisotopic (exact) mass is 283 g/mol. The minimum absolute atomic E-state index is 0. The fraction of sp³-hybridized carbons (Fsp3) is 1.00. The molecule has 0 saturated carbocycles. The molecule has 0 aromatic rings. The zero-order chi connectivity index (χ0) is 12.3. The van der Waals surface area contributed by atoms with Gasteiger partial charge < -0.3 is 16.9 Å². The molecule has 1 unspecified atom stereocenters. The van der Waals surface area contributed by atoms with E-state index in [0.717, 1.165) is 12.4 Å². The van der Waals surface area contributed by atoms with Gasteiger partial charge in [0, 0.05) is 0 Å². The molecule has 0 aliphatic carbocycles. The molecule has 0 aliphatic heterocycles. The number of unbranched alkanes of at least 4 members (excludes halogenated alkanes) is 5. The van der Waals surface area contributed by atoms with Crippen LogP contribution in [0.4, 0.5) is 0 Å². The summed E-state index contributed by atoms with van der Waals surface area (Å²) in [6.45, 7) is 8.31. The van der Waals surface area contributed by atoms with Gasteiger partial charge in [0.15, 0.2) is 0 Å². The van der Waals surface area contributed by atoms with Crippen LogP contribution in [0.1, 0.15) is 58.8 Å². The van der Waals surface area contributed by atoms with Crippen LogP contribution in [-0.2, 0) is 0 Å². The lowest BCUT2D eigenvalue weighted by Crippen LogP contribution is -3.00. The second-order valence-electron chi connectivity index (χ2n) is 5.25. The summed E-state index contributed by atoms with van der Waals surface area (Å²) in [5, 5.41) is 0. The number of nitrogens with zero attached hydrogens (tertiary/aromatic N) is 1. The van der Waals surface area contributed by atoms with Crippen molar-refractivity contribution in [3.63, 3.8) is 0 Å². The van der Waals surface area contributed by atoms with Gasteiger partial charge >= 0.3 is 0 Å². The van der Waals surface area contributed by atoms with E-state index >= 15 is 0 Å². The average molecular weight is 284 g/mol. The first-order valence-corrected chi connectivity index (χ1v) is 7.61. The predicted molar refractivity (Wildman–Crippen MR) is 75.2 cm³/mol. The Labute approximate surface area is 120 Å². The zero-order valence-corrected chi connectivity index (χ0v) is 13.5. The zero-order valence-electron chi connectivity index (χ0n) is 12.0. The van der Waals surface area contributed by atoms with E-state index < -0.39 is 0 Å². The molecule has 1 atom stereocenters. The van der Waals surface area contributed by atoms with Gasteiger partial charge in [-0.05, 0) is 25.7 Å². The molecule has 0 aliphatic rings. The van der Waals surface area contributed by atoms with E-state index in [-0.39, 0.29) is 12.4 Å². The fourth-order valence-corrected chi connectivity index (χ4v) is 2.61. The van der Waals surface area contributed by atoms with Crippen molar-refractivity contribution >= 4 is 11.6 Å². The Kier molecular flexibility index (Phi) is 15.2. The molecule has 0 bridgehead atoms. The topological polar surface area (TPSA) is 0 Å². The molecule has 3 heteroatoms. The first kappa shape index (κ1) is 19.9. The second kappa shape index (κ2) is 13.0. The summed E-state index contributed by atoms with van der Waals surface area (Å²) in [6, 6.07) is 0. The van der Waals surface area contributed by atoms with Crippen LogP contribution in [0.5, 0.6) is 0 Å². The van der Waals surface area contributed by atoms with Crippen molar-refractivity contribution < 1.29 is 16.9 Å². The van der Waals surface area contributed by atoms with Crippen LogP contribution in [-0.4, -0.2) is 37.0 Å². The molecule has 0 spiro atoms. The number of hydrogen-bond donors (Lipinski definition) is 0. The number of rotatable bonds is 11. The van der Waals surface area contributed by atoms with Gasteiger partial charge in [-0.15, -0.1) is 11.6 Å². The van der Waals surface area contributed by atoms with Gasteiger partial charge in [-0.2, -0.15) is 0 Å². The molecule has 0 amide bonds. The van der Waals surface area contributed by atoms with E-state index in [0.29, 0.717) is 0 Å². The van der Waals surface area contributed by atoms with Gasteiger partial charge in [0.1, 0.15) is 0 Å². The molecule has 0 rings (SSSR count). The summed E-state index contributed by atoms with van der Waals surface area (Å²) in [7, 11) is 2.38. The van der Waals surface area contributed by atoms with Crippen molar-refractivity contribution in [3.05, 3.63) is 0 Å². The summed E-state index contributed by atoms with van der Waals surface area (Å²) >= 11 is 5.92. The molecular weight excluding hydrogens is 253 g/mol. The Bertz CT molecular complexity index is 153. The minimum Gasteiger partial charge on any atom is -1.00 e. The lowest BCUT2D eigenvalue weighted by Gasteiger charge is -2.34. The Morgan fingerprint density at radius 1 is 0.765 bits per heavy atom. The second-order valence-corrected chi connectivity index (χ2v) is 5.63. The SMILES string of the molecule is CCCCCC[N+](C)(CCCl)CCCCC.[Cl-]. The van der Waals surface area contributed by atoms with Crippen molar-refractivity contribution in [2.24, 2.45) is 0 Å². The summed E-state index contributed by atoms with van der Waals surface area (Å²) in [4.78, 5) is 0. The van der Waals surface area contributed by atoms with E-state index in [1.165, 1.54) is 62.5 Å². The Balaban J connectivity index is 0. The summed E-state index contributed by atoms with van der Waals surface area (Å²) < 4.78 is 1.19. The first-order valence-electron chi connectivity index (χ1n) is 7.08. The molecule has 106 valence electrons. The summed E-state index contributed by atoms with van der Waals surface area (Å²) in [5.41, 5.74) is 0. The van der Waals surface area contributed by atoms with Crippen molar-refractivity contribution in [3.8, 4) is 0 Å². The van der Waals surface area contributed by atoms with Crippen LogP contribution in [0, 0.1) is 0 Å². The number of hydrogen-bond acceptors (Lipinski definition) is 0. The molecule has 0 aromatic heterocycles. The van der Waals surface area contributed by atoms with E-state index in [4.69, 9.17) is 11.6 Å².